The molecule has 0 aromatic rings. The molecule has 0 bridgehead atoms. The Bertz CT molecular complexity index is 206. The molecule has 1 heterocycles. The van der Waals surface area contributed by atoms with E-state index < -0.39 is 5.60 Å². The first-order valence-corrected chi connectivity index (χ1v) is 5.76. The summed E-state index contributed by atoms with van der Waals surface area (Å²) in [6, 6.07) is 0.487. The summed E-state index contributed by atoms with van der Waals surface area (Å²) in [6.45, 7) is 7.09. The molecule has 1 rings (SSSR count). The standard InChI is InChI=1S/C12H25NO2/c1-10-8-12(14,9-13(10)4)7-6-11(2,3)15-5/h10,14H,6-9H2,1-5H3. The molecule has 0 saturated carbocycles. The minimum absolute atomic E-state index is 0.125. The Hall–Kier alpha value is -0.120. The van der Waals surface area contributed by atoms with Gasteiger partial charge in [0.1, 0.15) is 0 Å². The monoisotopic (exact) mass is 215 g/mol. The van der Waals surface area contributed by atoms with Gasteiger partial charge in [0, 0.05) is 19.7 Å². The van der Waals surface area contributed by atoms with Gasteiger partial charge in [0.15, 0.2) is 0 Å². The Balaban J connectivity index is 2.45. The van der Waals surface area contributed by atoms with Crippen molar-refractivity contribution in [1.29, 1.82) is 0 Å². The lowest BCUT2D eigenvalue weighted by atomic mass is 9.89. The van der Waals surface area contributed by atoms with Crippen LogP contribution in [0.15, 0.2) is 0 Å². The van der Waals surface area contributed by atoms with E-state index in [1.54, 1.807) is 7.11 Å². The van der Waals surface area contributed by atoms with Crippen LogP contribution in [-0.4, -0.2) is 48.0 Å². The van der Waals surface area contributed by atoms with Crippen LogP contribution in [0.3, 0.4) is 0 Å². The summed E-state index contributed by atoms with van der Waals surface area (Å²) in [5.41, 5.74) is -0.635. The van der Waals surface area contributed by atoms with Crippen molar-refractivity contribution < 1.29 is 9.84 Å². The van der Waals surface area contributed by atoms with Crippen LogP contribution in [0.1, 0.15) is 40.0 Å². The smallest absolute Gasteiger partial charge is 0.0789 e. The Morgan fingerprint density at radius 3 is 2.53 bits per heavy atom. The van der Waals surface area contributed by atoms with Gasteiger partial charge in [-0.15, -0.1) is 0 Å². The van der Waals surface area contributed by atoms with Crippen molar-refractivity contribution in [2.24, 2.45) is 0 Å². The van der Waals surface area contributed by atoms with E-state index in [4.69, 9.17) is 4.74 Å². The molecule has 3 heteroatoms. The molecule has 1 aliphatic heterocycles. The van der Waals surface area contributed by atoms with Crippen molar-refractivity contribution in [3.05, 3.63) is 0 Å². The minimum Gasteiger partial charge on any atom is -0.388 e. The first kappa shape index (κ1) is 12.9. The molecule has 0 aromatic heterocycles. The van der Waals surface area contributed by atoms with Crippen LogP contribution >= 0.6 is 0 Å². The van der Waals surface area contributed by atoms with Crippen LogP contribution in [0.5, 0.6) is 0 Å². The Morgan fingerprint density at radius 2 is 2.13 bits per heavy atom. The lowest BCUT2D eigenvalue weighted by Crippen LogP contribution is -2.35. The van der Waals surface area contributed by atoms with E-state index in [9.17, 15) is 5.11 Å². The topological polar surface area (TPSA) is 32.7 Å². The molecule has 0 aliphatic carbocycles. The Labute approximate surface area is 93.4 Å². The second-order valence-electron chi connectivity index (χ2n) is 5.66. The third-order valence-electron chi connectivity index (χ3n) is 3.72. The summed E-state index contributed by atoms with van der Waals surface area (Å²) in [6.07, 6.45) is 2.60. The summed E-state index contributed by atoms with van der Waals surface area (Å²) in [5, 5.41) is 10.4. The molecular weight excluding hydrogens is 190 g/mol. The van der Waals surface area contributed by atoms with Crippen LogP contribution in [0.25, 0.3) is 0 Å². The van der Waals surface area contributed by atoms with E-state index in [0.29, 0.717) is 6.04 Å². The van der Waals surface area contributed by atoms with Crippen molar-refractivity contribution in [3.8, 4) is 0 Å². The van der Waals surface area contributed by atoms with Crippen molar-refractivity contribution in [2.75, 3.05) is 20.7 Å². The number of likely N-dealkylation sites (tertiary alicyclic amines) is 1. The third-order valence-corrected chi connectivity index (χ3v) is 3.72. The van der Waals surface area contributed by atoms with Gasteiger partial charge in [0.05, 0.1) is 11.2 Å². The molecule has 0 spiro atoms. The molecule has 3 nitrogen and oxygen atoms in total. The van der Waals surface area contributed by atoms with E-state index >= 15 is 0 Å². The molecule has 1 fully saturated rings. The summed E-state index contributed by atoms with van der Waals surface area (Å²) in [5.74, 6) is 0. The fourth-order valence-electron chi connectivity index (χ4n) is 2.21. The summed E-state index contributed by atoms with van der Waals surface area (Å²) in [4.78, 5) is 2.22. The van der Waals surface area contributed by atoms with Crippen LogP contribution in [0.4, 0.5) is 0 Å². The highest BCUT2D eigenvalue weighted by molar-refractivity contribution is 4.94. The van der Waals surface area contributed by atoms with Gasteiger partial charge in [-0.3, -0.25) is 0 Å². The van der Waals surface area contributed by atoms with Gasteiger partial charge in [-0.1, -0.05) is 0 Å². The van der Waals surface area contributed by atoms with Crippen molar-refractivity contribution in [1.82, 2.24) is 4.90 Å². The number of ether oxygens (including phenoxy) is 1. The summed E-state index contributed by atoms with van der Waals surface area (Å²) >= 11 is 0. The highest BCUT2D eigenvalue weighted by Crippen LogP contribution is 2.32. The van der Waals surface area contributed by atoms with E-state index in [-0.39, 0.29) is 5.60 Å². The largest absolute Gasteiger partial charge is 0.388 e. The number of likely N-dealkylation sites (N-methyl/N-ethyl adjacent to an activating group) is 1. The molecule has 90 valence electrons. The maximum atomic E-state index is 10.4. The zero-order valence-corrected chi connectivity index (χ0v) is 10.7. The number of β-amino-alcohol motifs (C(OH)–C–C–N with tert-alkyl or cyclic N) is 1. The van der Waals surface area contributed by atoms with Crippen LogP contribution < -0.4 is 0 Å². The summed E-state index contributed by atoms with van der Waals surface area (Å²) in [7, 11) is 3.80. The number of hydrogen-bond acceptors (Lipinski definition) is 3. The highest BCUT2D eigenvalue weighted by Gasteiger charge is 2.39. The number of rotatable bonds is 4. The third kappa shape index (κ3) is 3.44. The molecule has 2 atom stereocenters. The molecule has 1 saturated heterocycles. The lowest BCUT2D eigenvalue weighted by Gasteiger charge is -2.29. The van der Waals surface area contributed by atoms with Crippen LogP contribution in [0.2, 0.25) is 0 Å². The van der Waals surface area contributed by atoms with E-state index in [1.807, 2.05) is 0 Å². The molecule has 2 unspecified atom stereocenters. The quantitative estimate of drug-likeness (QED) is 0.774. The van der Waals surface area contributed by atoms with Gasteiger partial charge < -0.3 is 14.7 Å². The molecule has 1 aliphatic rings. The first-order valence-electron chi connectivity index (χ1n) is 5.76. The fraction of sp³-hybridized carbons (Fsp3) is 1.00. The first-order chi connectivity index (χ1) is 6.78. The maximum Gasteiger partial charge on any atom is 0.0789 e. The number of methoxy groups -OCH3 is 1. The molecular formula is C12H25NO2. The van der Waals surface area contributed by atoms with Gasteiger partial charge in [0.25, 0.3) is 0 Å². The van der Waals surface area contributed by atoms with Crippen molar-refractivity contribution >= 4 is 0 Å². The normalized spacial score (nSPS) is 33.6. The molecule has 0 amide bonds. The van der Waals surface area contributed by atoms with Gasteiger partial charge in [0.2, 0.25) is 0 Å². The maximum absolute atomic E-state index is 10.4. The van der Waals surface area contributed by atoms with Gasteiger partial charge in [-0.2, -0.15) is 0 Å². The van der Waals surface area contributed by atoms with Gasteiger partial charge in [-0.05, 0) is 47.1 Å². The minimum atomic E-state index is -0.510. The lowest BCUT2D eigenvalue weighted by molar-refractivity contribution is -0.0214. The van der Waals surface area contributed by atoms with Gasteiger partial charge >= 0.3 is 0 Å². The molecule has 15 heavy (non-hydrogen) atoms. The van der Waals surface area contributed by atoms with Gasteiger partial charge in [-0.25, -0.2) is 0 Å². The zero-order chi connectivity index (χ0) is 11.7. The number of hydrogen-bond donors (Lipinski definition) is 1. The van der Waals surface area contributed by atoms with Crippen molar-refractivity contribution in [2.45, 2.75) is 57.3 Å². The molecule has 0 radical (unpaired) electrons. The predicted molar refractivity (Wildman–Crippen MR) is 62.0 cm³/mol. The Morgan fingerprint density at radius 1 is 1.53 bits per heavy atom. The van der Waals surface area contributed by atoms with Crippen LogP contribution in [0, 0.1) is 0 Å². The fourth-order valence-corrected chi connectivity index (χ4v) is 2.21. The Kier molecular flexibility index (Phi) is 3.80. The average Bonchev–Trinajstić information content (AvgIpc) is 2.39. The predicted octanol–water partition coefficient (Wildman–Crippen LogP) is 1.65. The second-order valence-corrected chi connectivity index (χ2v) is 5.66. The van der Waals surface area contributed by atoms with Crippen LogP contribution in [-0.2, 0) is 4.74 Å². The number of aliphatic hydroxyl groups is 1. The number of nitrogens with zero attached hydrogens (tertiary/aromatic N) is 1. The summed E-state index contributed by atoms with van der Waals surface area (Å²) < 4.78 is 5.37. The second kappa shape index (κ2) is 4.40. The van der Waals surface area contributed by atoms with E-state index in [2.05, 4.69) is 32.7 Å². The molecule has 0 aromatic carbocycles. The van der Waals surface area contributed by atoms with E-state index in [1.165, 1.54) is 0 Å². The SMILES string of the molecule is COC(C)(C)CCC1(O)CC(C)N(C)C1. The molecule has 1 N–H and O–H groups in total. The zero-order valence-electron chi connectivity index (χ0n) is 10.7. The van der Waals surface area contributed by atoms with E-state index in [0.717, 1.165) is 25.8 Å². The average molecular weight is 215 g/mol. The van der Waals surface area contributed by atoms with Crippen molar-refractivity contribution in [3.63, 3.8) is 0 Å². The highest BCUT2D eigenvalue weighted by atomic mass is 16.5.